The zero-order valence-corrected chi connectivity index (χ0v) is 9.18. The summed E-state index contributed by atoms with van der Waals surface area (Å²) in [6.45, 7) is 1.72. The lowest BCUT2D eigenvalue weighted by molar-refractivity contribution is 0.449. The Kier molecular flexibility index (Phi) is 2.55. The van der Waals surface area contributed by atoms with E-state index in [-0.39, 0.29) is 23.0 Å². The monoisotopic (exact) mass is 232 g/mol. The standard InChI is InChI=1S/C13H12O4/c1-7-2-9(14)6-12(17)13(7)8-3-10(15)5-11(16)4-8/h2-6,14-17H,1H3. The molecular weight excluding hydrogens is 220 g/mol. The highest BCUT2D eigenvalue weighted by Crippen LogP contribution is 2.38. The number of hydrogen-bond acceptors (Lipinski definition) is 4. The molecule has 88 valence electrons. The number of phenolic OH excluding ortho intramolecular Hbond substituents is 4. The molecule has 2 aromatic carbocycles. The van der Waals surface area contributed by atoms with Gasteiger partial charge >= 0.3 is 0 Å². The van der Waals surface area contributed by atoms with Gasteiger partial charge < -0.3 is 20.4 Å². The van der Waals surface area contributed by atoms with Gasteiger partial charge in [-0.05, 0) is 36.2 Å². The number of aryl methyl sites for hydroxylation is 1. The second kappa shape index (κ2) is 3.90. The summed E-state index contributed by atoms with van der Waals surface area (Å²) in [7, 11) is 0. The van der Waals surface area contributed by atoms with Crippen LogP contribution in [0, 0.1) is 6.92 Å². The van der Waals surface area contributed by atoms with Crippen LogP contribution in [0.25, 0.3) is 11.1 Å². The van der Waals surface area contributed by atoms with Crippen molar-refractivity contribution in [1.29, 1.82) is 0 Å². The van der Waals surface area contributed by atoms with E-state index in [1.165, 1.54) is 30.3 Å². The van der Waals surface area contributed by atoms with Crippen molar-refractivity contribution in [2.45, 2.75) is 6.92 Å². The van der Waals surface area contributed by atoms with Crippen molar-refractivity contribution in [3.63, 3.8) is 0 Å². The third-order valence-corrected chi connectivity index (χ3v) is 2.49. The summed E-state index contributed by atoms with van der Waals surface area (Å²) in [4.78, 5) is 0. The van der Waals surface area contributed by atoms with E-state index in [1.807, 2.05) is 0 Å². The van der Waals surface area contributed by atoms with E-state index in [9.17, 15) is 20.4 Å². The smallest absolute Gasteiger partial charge is 0.127 e. The van der Waals surface area contributed by atoms with E-state index < -0.39 is 0 Å². The molecule has 0 unspecified atom stereocenters. The lowest BCUT2D eigenvalue weighted by Crippen LogP contribution is -1.85. The molecular formula is C13H12O4. The van der Waals surface area contributed by atoms with Gasteiger partial charge in [0.25, 0.3) is 0 Å². The zero-order valence-electron chi connectivity index (χ0n) is 9.18. The predicted molar refractivity (Wildman–Crippen MR) is 63.3 cm³/mol. The average Bonchev–Trinajstić information content (AvgIpc) is 2.13. The third kappa shape index (κ3) is 2.10. The molecule has 2 aromatic rings. The lowest BCUT2D eigenvalue weighted by atomic mass is 9.98. The number of phenols is 4. The van der Waals surface area contributed by atoms with Crippen molar-refractivity contribution in [2.24, 2.45) is 0 Å². The molecule has 0 fully saturated rings. The summed E-state index contributed by atoms with van der Waals surface area (Å²) >= 11 is 0. The molecule has 0 aliphatic carbocycles. The van der Waals surface area contributed by atoms with E-state index in [4.69, 9.17) is 0 Å². The number of hydrogen-bond donors (Lipinski definition) is 4. The Hall–Kier alpha value is -2.36. The highest BCUT2D eigenvalue weighted by atomic mass is 16.3. The molecule has 4 heteroatoms. The van der Waals surface area contributed by atoms with Gasteiger partial charge in [-0.15, -0.1) is 0 Å². The molecule has 0 aliphatic heterocycles. The maximum atomic E-state index is 9.78. The summed E-state index contributed by atoms with van der Waals surface area (Å²) < 4.78 is 0. The van der Waals surface area contributed by atoms with Crippen LogP contribution in [0.4, 0.5) is 0 Å². The fourth-order valence-corrected chi connectivity index (χ4v) is 1.86. The maximum Gasteiger partial charge on any atom is 0.127 e. The topological polar surface area (TPSA) is 80.9 Å². The van der Waals surface area contributed by atoms with E-state index in [0.29, 0.717) is 16.7 Å². The number of aromatic hydroxyl groups is 4. The van der Waals surface area contributed by atoms with Crippen molar-refractivity contribution in [1.82, 2.24) is 0 Å². The molecule has 0 aromatic heterocycles. The fraction of sp³-hybridized carbons (Fsp3) is 0.0769. The molecule has 0 radical (unpaired) electrons. The van der Waals surface area contributed by atoms with Crippen LogP contribution < -0.4 is 0 Å². The first kappa shape index (κ1) is 11.1. The van der Waals surface area contributed by atoms with E-state index in [0.717, 1.165) is 0 Å². The minimum atomic E-state index is -0.104. The third-order valence-electron chi connectivity index (χ3n) is 2.49. The second-order valence-electron chi connectivity index (χ2n) is 3.89. The summed E-state index contributed by atoms with van der Waals surface area (Å²) in [5.41, 5.74) is 1.60. The molecule has 0 saturated carbocycles. The van der Waals surface area contributed by atoms with Crippen molar-refractivity contribution in [3.05, 3.63) is 35.9 Å². The van der Waals surface area contributed by atoms with Crippen LogP contribution in [0.15, 0.2) is 30.3 Å². The predicted octanol–water partition coefficient (Wildman–Crippen LogP) is 2.48. The Balaban J connectivity index is 2.68. The van der Waals surface area contributed by atoms with Gasteiger partial charge in [-0.25, -0.2) is 0 Å². The summed E-state index contributed by atoms with van der Waals surface area (Å²) in [5, 5.41) is 37.9. The van der Waals surface area contributed by atoms with Crippen LogP contribution in [-0.4, -0.2) is 20.4 Å². The van der Waals surface area contributed by atoms with Gasteiger partial charge in [0, 0.05) is 17.7 Å². The Labute approximate surface area is 98.0 Å². The molecule has 0 heterocycles. The first-order valence-electron chi connectivity index (χ1n) is 5.03. The molecule has 0 aliphatic rings. The highest BCUT2D eigenvalue weighted by molar-refractivity contribution is 5.76. The average molecular weight is 232 g/mol. The fourth-order valence-electron chi connectivity index (χ4n) is 1.86. The van der Waals surface area contributed by atoms with Crippen molar-refractivity contribution >= 4 is 0 Å². The zero-order chi connectivity index (χ0) is 12.6. The molecule has 17 heavy (non-hydrogen) atoms. The van der Waals surface area contributed by atoms with Gasteiger partial charge in [0.2, 0.25) is 0 Å². The molecule has 0 atom stereocenters. The van der Waals surface area contributed by atoms with Crippen LogP contribution in [0.2, 0.25) is 0 Å². The van der Waals surface area contributed by atoms with Gasteiger partial charge in [-0.3, -0.25) is 0 Å². The molecule has 2 rings (SSSR count). The summed E-state index contributed by atoms with van der Waals surface area (Å²) in [6.07, 6.45) is 0. The van der Waals surface area contributed by atoms with Gasteiger partial charge in [-0.2, -0.15) is 0 Å². The second-order valence-corrected chi connectivity index (χ2v) is 3.89. The van der Waals surface area contributed by atoms with Gasteiger partial charge in [-0.1, -0.05) is 0 Å². The van der Waals surface area contributed by atoms with Crippen LogP contribution in [0.3, 0.4) is 0 Å². The van der Waals surface area contributed by atoms with Crippen molar-refractivity contribution in [2.75, 3.05) is 0 Å². The SMILES string of the molecule is Cc1cc(O)cc(O)c1-c1cc(O)cc(O)c1. The molecule has 0 bridgehead atoms. The first-order chi connectivity index (χ1) is 7.97. The van der Waals surface area contributed by atoms with E-state index >= 15 is 0 Å². The molecule has 0 spiro atoms. The normalized spacial score (nSPS) is 10.4. The Morgan fingerprint density at radius 3 is 1.76 bits per heavy atom. The van der Waals surface area contributed by atoms with Crippen molar-refractivity contribution < 1.29 is 20.4 Å². The lowest BCUT2D eigenvalue weighted by Gasteiger charge is -2.10. The number of benzene rings is 2. The number of rotatable bonds is 1. The largest absolute Gasteiger partial charge is 0.508 e. The minimum absolute atomic E-state index is 0.0341. The van der Waals surface area contributed by atoms with Gasteiger partial charge in [0.15, 0.2) is 0 Å². The molecule has 4 nitrogen and oxygen atoms in total. The van der Waals surface area contributed by atoms with Crippen molar-refractivity contribution in [3.8, 4) is 34.1 Å². The molecule has 4 N–H and O–H groups in total. The summed E-state index contributed by atoms with van der Waals surface area (Å²) in [5.74, 6) is -0.320. The van der Waals surface area contributed by atoms with Gasteiger partial charge in [0.1, 0.15) is 23.0 Å². The van der Waals surface area contributed by atoms with Crippen LogP contribution in [0.1, 0.15) is 5.56 Å². The molecule has 0 amide bonds. The Morgan fingerprint density at radius 2 is 1.24 bits per heavy atom. The van der Waals surface area contributed by atoms with Gasteiger partial charge in [0.05, 0.1) is 0 Å². The van der Waals surface area contributed by atoms with Crippen LogP contribution >= 0.6 is 0 Å². The van der Waals surface area contributed by atoms with E-state index in [2.05, 4.69) is 0 Å². The molecule has 0 saturated heterocycles. The maximum absolute atomic E-state index is 9.78. The highest BCUT2D eigenvalue weighted by Gasteiger charge is 2.11. The quantitative estimate of drug-likeness (QED) is 0.609. The van der Waals surface area contributed by atoms with E-state index in [1.54, 1.807) is 6.92 Å². The Morgan fingerprint density at radius 1 is 0.706 bits per heavy atom. The minimum Gasteiger partial charge on any atom is -0.508 e. The first-order valence-corrected chi connectivity index (χ1v) is 5.03. The van der Waals surface area contributed by atoms with Crippen LogP contribution in [-0.2, 0) is 0 Å². The Bertz CT molecular complexity index is 532. The van der Waals surface area contributed by atoms with Crippen LogP contribution in [0.5, 0.6) is 23.0 Å². The summed E-state index contributed by atoms with van der Waals surface area (Å²) in [6, 6.07) is 6.77.